The van der Waals surface area contributed by atoms with Gasteiger partial charge in [0.2, 0.25) is 0 Å². The molecular weight excluding hydrogens is 350 g/mol. The first-order valence-corrected chi connectivity index (χ1v) is 10.1. The third kappa shape index (κ3) is 3.18. The molecule has 0 saturated carbocycles. The van der Waals surface area contributed by atoms with Crippen LogP contribution in [0.1, 0.15) is 24.5 Å². The summed E-state index contributed by atoms with van der Waals surface area (Å²) in [6.07, 6.45) is 5.68. The molecule has 144 valence electrons. The van der Waals surface area contributed by atoms with Crippen molar-refractivity contribution in [2.75, 3.05) is 42.6 Å². The van der Waals surface area contributed by atoms with Crippen molar-refractivity contribution in [3.8, 4) is 0 Å². The first kappa shape index (κ1) is 17.4. The Labute approximate surface area is 164 Å². The molecule has 3 aromatic rings. The van der Waals surface area contributed by atoms with Crippen LogP contribution in [0.15, 0.2) is 48.9 Å². The number of benzene rings is 1. The molecule has 2 aromatic heterocycles. The Bertz CT molecular complexity index is 964. The quantitative estimate of drug-likeness (QED) is 0.756. The summed E-state index contributed by atoms with van der Waals surface area (Å²) in [5.74, 6) is 1.87. The van der Waals surface area contributed by atoms with E-state index in [1.54, 1.807) is 6.33 Å². The number of fused-ring (bicyclic) bond motifs is 1. The van der Waals surface area contributed by atoms with Gasteiger partial charge in [-0.1, -0.05) is 18.2 Å². The number of aliphatic hydroxyl groups excluding tert-OH is 1. The average molecular weight is 375 g/mol. The van der Waals surface area contributed by atoms with Crippen molar-refractivity contribution in [3.63, 3.8) is 0 Å². The summed E-state index contributed by atoms with van der Waals surface area (Å²) in [5.41, 5.74) is 3.35. The van der Waals surface area contributed by atoms with Crippen molar-refractivity contribution in [2.24, 2.45) is 5.92 Å². The fourth-order valence-electron chi connectivity index (χ4n) is 4.32. The lowest BCUT2D eigenvalue weighted by Gasteiger charge is -2.42. The summed E-state index contributed by atoms with van der Waals surface area (Å²) in [4.78, 5) is 18.4. The van der Waals surface area contributed by atoms with Crippen LogP contribution in [0.2, 0.25) is 0 Å². The fourth-order valence-corrected chi connectivity index (χ4v) is 4.32. The van der Waals surface area contributed by atoms with Crippen LogP contribution in [-0.4, -0.2) is 52.8 Å². The van der Waals surface area contributed by atoms with Crippen LogP contribution in [0.5, 0.6) is 0 Å². The van der Waals surface area contributed by atoms with Gasteiger partial charge in [-0.2, -0.15) is 0 Å². The van der Waals surface area contributed by atoms with E-state index >= 15 is 0 Å². The van der Waals surface area contributed by atoms with E-state index in [0.29, 0.717) is 18.4 Å². The molecule has 1 aromatic carbocycles. The van der Waals surface area contributed by atoms with Crippen molar-refractivity contribution in [1.29, 1.82) is 0 Å². The predicted molar refractivity (Wildman–Crippen MR) is 111 cm³/mol. The maximum Gasteiger partial charge on any atom is 0.129 e. The molecule has 0 radical (unpaired) electrons. The number of nitrogens with zero attached hydrogens (tertiary/aromatic N) is 5. The third-order valence-corrected chi connectivity index (χ3v) is 6.11. The zero-order valence-corrected chi connectivity index (χ0v) is 15.9. The molecule has 0 spiro atoms. The van der Waals surface area contributed by atoms with Crippen LogP contribution in [0.4, 0.5) is 11.5 Å². The predicted octanol–water partition coefficient (Wildman–Crippen LogP) is 2.84. The van der Waals surface area contributed by atoms with Crippen molar-refractivity contribution < 1.29 is 5.11 Å². The average Bonchev–Trinajstić information content (AvgIpc) is 2.73. The Morgan fingerprint density at radius 2 is 1.82 bits per heavy atom. The van der Waals surface area contributed by atoms with Gasteiger partial charge in [-0.05, 0) is 37.0 Å². The van der Waals surface area contributed by atoms with E-state index in [1.807, 2.05) is 18.3 Å². The van der Waals surface area contributed by atoms with Crippen LogP contribution >= 0.6 is 0 Å². The van der Waals surface area contributed by atoms with E-state index in [2.05, 4.69) is 44.0 Å². The second-order valence-corrected chi connectivity index (χ2v) is 7.87. The van der Waals surface area contributed by atoms with Crippen LogP contribution in [0.3, 0.4) is 0 Å². The number of aliphatic hydroxyl groups is 1. The summed E-state index contributed by atoms with van der Waals surface area (Å²) in [6, 6.07) is 12.5. The standard InChI is InChI=1S/C22H25N5O/c28-14-16-7-9-26(10-8-16)20-11-23-15-24-22(20)18-12-27(13-18)21-6-5-17-3-1-2-4-19(17)25-21/h1-6,11,15-16,18,28H,7-10,12-14H2. The molecule has 5 rings (SSSR count). The molecule has 4 heterocycles. The highest BCUT2D eigenvalue weighted by Crippen LogP contribution is 2.35. The molecule has 2 fully saturated rings. The van der Waals surface area contributed by atoms with Crippen LogP contribution in [0, 0.1) is 5.92 Å². The number of rotatable bonds is 4. The van der Waals surface area contributed by atoms with Gasteiger partial charge >= 0.3 is 0 Å². The van der Waals surface area contributed by atoms with Crippen LogP contribution < -0.4 is 9.80 Å². The molecule has 2 saturated heterocycles. The maximum atomic E-state index is 9.39. The number of pyridine rings is 1. The minimum Gasteiger partial charge on any atom is -0.396 e. The Hall–Kier alpha value is -2.73. The van der Waals surface area contributed by atoms with Crippen LogP contribution in [-0.2, 0) is 0 Å². The summed E-state index contributed by atoms with van der Waals surface area (Å²) < 4.78 is 0. The van der Waals surface area contributed by atoms with Crippen molar-refractivity contribution in [2.45, 2.75) is 18.8 Å². The highest BCUT2D eigenvalue weighted by molar-refractivity contribution is 5.80. The molecule has 0 amide bonds. The number of aromatic nitrogens is 3. The molecule has 6 nitrogen and oxygen atoms in total. The maximum absolute atomic E-state index is 9.39. The number of piperidine rings is 1. The number of hydrogen-bond donors (Lipinski definition) is 1. The second-order valence-electron chi connectivity index (χ2n) is 7.87. The van der Waals surface area contributed by atoms with Gasteiger partial charge in [0, 0.05) is 44.1 Å². The van der Waals surface area contributed by atoms with Gasteiger partial charge in [-0.3, -0.25) is 0 Å². The zero-order valence-electron chi connectivity index (χ0n) is 15.9. The van der Waals surface area contributed by atoms with Gasteiger partial charge in [-0.15, -0.1) is 0 Å². The normalized spacial score (nSPS) is 18.5. The van der Waals surface area contributed by atoms with Crippen molar-refractivity contribution in [3.05, 3.63) is 54.6 Å². The highest BCUT2D eigenvalue weighted by Gasteiger charge is 2.33. The van der Waals surface area contributed by atoms with E-state index in [1.165, 1.54) is 5.39 Å². The number of para-hydroxylation sites is 1. The minimum atomic E-state index is 0.294. The van der Waals surface area contributed by atoms with Gasteiger partial charge in [0.15, 0.2) is 0 Å². The van der Waals surface area contributed by atoms with Crippen molar-refractivity contribution >= 4 is 22.4 Å². The Morgan fingerprint density at radius 3 is 2.64 bits per heavy atom. The molecule has 28 heavy (non-hydrogen) atoms. The zero-order chi connectivity index (χ0) is 18.9. The molecule has 1 N–H and O–H groups in total. The minimum absolute atomic E-state index is 0.294. The summed E-state index contributed by atoms with van der Waals surface area (Å²) in [7, 11) is 0. The summed E-state index contributed by atoms with van der Waals surface area (Å²) in [6.45, 7) is 4.09. The molecule has 2 aliphatic rings. The second kappa shape index (κ2) is 7.36. The van der Waals surface area contributed by atoms with Crippen LogP contribution in [0.25, 0.3) is 10.9 Å². The highest BCUT2D eigenvalue weighted by atomic mass is 16.3. The molecule has 6 heteroatoms. The lowest BCUT2D eigenvalue weighted by molar-refractivity contribution is 0.203. The lowest BCUT2D eigenvalue weighted by Crippen LogP contribution is -2.46. The summed E-state index contributed by atoms with van der Waals surface area (Å²) in [5, 5.41) is 10.6. The summed E-state index contributed by atoms with van der Waals surface area (Å²) >= 11 is 0. The van der Waals surface area contributed by atoms with Gasteiger partial charge in [-0.25, -0.2) is 15.0 Å². The fraction of sp³-hybridized carbons (Fsp3) is 0.409. The molecule has 0 aliphatic carbocycles. The van der Waals surface area contributed by atoms with Gasteiger partial charge in [0.25, 0.3) is 0 Å². The molecule has 0 atom stereocenters. The van der Waals surface area contributed by atoms with Crippen molar-refractivity contribution in [1.82, 2.24) is 15.0 Å². The number of hydrogen-bond acceptors (Lipinski definition) is 6. The third-order valence-electron chi connectivity index (χ3n) is 6.11. The molecule has 2 aliphatic heterocycles. The van der Waals surface area contributed by atoms with E-state index in [0.717, 1.165) is 61.7 Å². The van der Waals surface area contributed by atoms with E-state index < -0.39 is 0 Å². The SMILES string of the molecule is OCC1CCN(c2cncnc2C2CN(c3ccc4ccccc4n3)C2)CC1. The van der Waals surface area contributed by atoms with E-state index in [4.69, 9.17) is 4.98 Å². The van der Waals surface area contributed by atoms with Gasteiger partial charge in [0.1, 0.15) is 12.1 Å². The Morgan fingerprint density at radius 1 is 1.00 bits per heavy atom. The lowest BCUT2D eigenvalue weighted by atomic mass is 9.92. The number of anilines is 2. The Kier molecular flexibility index (Phi) is 4.56. The Balaban J connectivity index is 1.31. The molecule has 0 bridgehead atoms. The van der Waals surface area contributed by atoms with E-state index in [9.17, 15) is 5.11 Å². The first-order chi connectivity index (χ1) is 13.8. The van der Waals surface area contributed by atoms with E-state index in [-0.39, 0.29) is 0 Å². The van der Waals surface area contributed by atoms with Gasteiger partial charge < -0.3 is 14.9 Å². The molecular formula is C22H25N5O. The van der Waals surface area contributed by atoms with Gasteiger partial charge in [0.05, 0.1) is 23.1 Å². The smallest absolute Gasteiger partial charge is 0.129 e. The topological polar surface area (TPSA) is 65.4 Å². The first-order valence-electron chi connectivity index (χ1n) is 10.1. The monoisotopic (exact) mass is 375 g/mol. The molecule has 0 unspecified atom stereocenters. The largest absolute Gasteiger partial charge is 0.396 e.